The van der Waals surface area contributed by atoms with Crippen LogP contribution in [0.25, 0.3) is 0 Å². The van der Waals surface area contributed by atoms with E-state index in [1.807, 2.05) is 0 Å². The number of rotatable bonds is 3. The maximum absolute atomic E-state index is 12.1. The SMILES string of the molecule is O=C(O)C1CCCCC1C(=O)Nc1ccnc(Cl)n1. The summed E-state index contributed by atoms with van der Waals surface area (Å²) in [5.74, 6) is -2.08. The zero-order chi connectivity index (χ0) is 13.8. The monoisotopic (exact) mass is 283 g/mol. The van der Waals surface area contributed by atoms with Crippen LogP contribution in [-0.4, -0.2) is 27.0 Å². The minimum atomic E-state index is -0.916. The van der Waals surface area contributed by atoms with Crippen LogP contribution in [0.3, 0.4) is 0 Å². The highest BCUT2D eigenvalue weighted by atomic mass is 35.5. The molecule has 1 fully saturated rings. The number of carboxylic acids is 1. The Morgan fingerprint density at radius 2 is 2.00 bits per heavy atom. The number of halogens is 1. The first kappa shape index (κ1) is 13.7. The number of aliphatic carboxylic acids is 1. The summed E-state index contributed by atoms with van der Waals surface area (Å²) >= 11 is 5.63. The average molecular weight is 284 g/mol. The summed E-state index contributed by atoms with van der Waals surface area (Å²) in [7, 11) is 0. The van der Waals surface area contributed by atoms with Gasteiger partial charge in [-0.15, -0.1) is 0 Å². The Balaban J connectivity index is 2.07. The second-order valence-corrected chi connectivity index (χ2v) is 4.87. The lowest BCUT2D eigenvalue weighted by Crippen LogP contribution is -2.36. The molecule has 2 rings (SSSR count). The van der Waals surface area contributed by atoms with Crippen molar-refractivity contribution in [3.05, 3.63) is 17.5 Å². The van der Waals surface area contributed by atoms with Gasteiger partial charge >= 0.3 is 5.97 Å². The molecule has 1 aromatic heterocycles. The zero-order valence-corrected chi connectivity index (χ0v) is 10.9. The van der Waals surface area contributed by atoms with E-state index in [0.717, 1.165) is 12.8 Å². The van der Waals surface area contributed by atoms with E-state index in [9.17, 15) is 9.59 Å². The Morgan fingerprint density at radius 3 is 2.63 bits per heavy atom. The number of hydrogen-bond donors (Lipinski definition) is 2. The van der Waals surface area contributed by atoms with Crippen LogP contribution < -0.4 is 5.32 Å². The lowest BCUT2D eigenvalue weighted by atomic mass is 9.79. The fraction of sp³-hybridized carbons (Fsp3) is 0.500. The van der Waals surface area contributed by atoms with Crippen molar-refractivity contribution in [2.45, 2.75) is 25.7 Å². The molecule has 1 heterocycles. The fourth-order valence-electron chi connectivity index (χ4n) is 2.36. The second-order valence-electron chi connectivity index (χ2n) is 4.54. The Hall–Kier alpha value is -1.69. The van der Waals surface area contributed by atoms with Gasteiger partial charge in [-0.05, 0) is 30.5 Å². The Kier molecular flexibility index (Phi) is 4.31. The van der Waals surface area contributed by atoms with Crippen molar-refractivity contribution in [3.63, 3.8) is 0 Å². The Morgan fingerprint density at radius 1 is 1.32 bits per heavy atom. The van der Waals surface area contributed by atoms with E-state index in [0.29, 0.717) is 18.7 Å². The summed E-state index contributed by atoms with van der Waals surface area (Å²) in [5, 5.41) is 11.8. The van der Waals surface area contributed by atoms with Crippen LogP contribution in [0.4, 0.5) is 5.82 Å². The summed E-state index contributed by atoms with van der Waals surface area (Å²) in [4.78, 5) is 30.8. The number of carbonyl (C=O) groups is 2. The molecule has 1 aliphatic carbocycles. The van der Waals surface area contributed by atoms with Gasteiger partial charge in [-0.25, -0.2) is 9.97 Å². The molecule has 2 N–H and O–H groups in total. The molecule has 1 aliphatic rings. The van der Waals surface area contributed by atoms with E-state index in [1.54, 1.807) is 0 Å². The maximum atomic E-state index is 12.1. The van der Waals surface area contributed by atoms with Gasteiger partial charge in [-0.3, -0.25) is 9.59 Å². The molecule has 0 aromatic carbocycles. The standard InChI is InChI=1S/C12H14ClN3O3/c13-12-14-6-5-9(16-12)15-10(17)7-3-1-2-4-8(7)11(18)19/h5-8H,1-4H2,(H,18,19)(H,14,15,16,17). The molecule has 1 saturated carbocycles. The molecule has 0 spiro atoms. The molecule has 102 valence electrons. The highest BCUT2D eigenvalue weighted by Gasteiger charge is 2.35. The van der Waals surface area contributed by atoms with Crippen molar-refractivity contribution in [3.8, 4) is 0 Å². The molecule has 0 bridgehead atoms. The van der Waals surface area contributed by atoms with Gasteiger partial charge in [0, 0.05) is 6.20 Å². The van der Waals surface area contributed by atoms with Crippen molar-refractivity contribution in [2.24, 2.45) is 11.8 Å². The molecule has 19 heavy (non-hydrogen) atoms. The molecule has 6 nitrogen and oxygen atoms in total. The lowest BCUT2D eigenvalue weighted by Gasteiger charge is -2.27. The molecule has 0 saturated heterocycles. The molecule has 7 heteroatoms. The predicted molar refractivity (Wildman–Crippen MR) is 68.8 cm³/mol. The number of anilines is 1. The highest BCUT2D eigenvalue weighted by molar-refractivity contribution is 6.28. The van der Waals surface area contributed by atoms with E-state index in [4.69, 9.17) is 16.7 Å². The van der Waals surface area contributed by atoms with Crippen molar-refractivity contribution < 1.29 is 14.7 Å². The Labute approximate surface area is 115 Å². The average Bonchev–Trinajstić information content (AvgIpc) is 2.38. The van der Waals surface area contributed by atoms with E-state index in [2.05, 4.69) is 15.3 Å². The molecule has 0 aliphatic heterocycles. The van der Waals surface area contributed by atoms with Gasteiger partial charge in [-0.1, -0.05) is 12.8 Å². The van der Waals surface area contributed by atoms with Gasteiger partial charge in [0.2, 0.25) is 11.2 Å². The quantitative estimate of drug-likeness (QED) is 0.827. The number of aromatic nitrogens is 2. The number of carbonyl (C=O) groups excluding carboxylic acids is 1. The van der Waals surface area contributed by atoms with Gasteiger partial charge in [0.05, 0.1) is 11.8 Å². The molecule has 2 atom stereocenters. The largest absolute Gasteiger partial charge is 0.481 e. The van der Waals surface area contributed by atoms with Gasteiger partial charge in [0.1, 0.15) is 5.82 Å². The third kappa shape index (κ3) is 3.41. The van der Waals surface area contributed by atoms with Gasteiger partial charge in [0.15, 0.2) is 0 Å². The molecular formula is C12H14ClN3O3. The van der Waals surface area contributed by atoms with E-state index < -0.39 is 17.8 Å². The number of carboxylic acid groups (broad SMARTS) is 1. The van der Waals surface area contributed by atoms with Crippen LogP contribution >= 0.6 is 11.6 Å². The van der Waals surface area contributed by atoms with Gasteiger partial charge < -0.3 is 10.4 Å². The van der Waals surface area contributed by atoms with Gasteiger partial charge in [-0.2, -0.15) is 0 Å². The smallest absolute Gasteiger partial charge is 0.307 e. The van der Waals surface area contributed by atoms with E-state index in [1.165, 1.54) is 12.3 Å². The van der Waals surface area contributed by atoms with E-state index >= 15 is 0 Å². The third-order valence-corrected chi connectivity index (χ3v) is 3.48. The van der Waals surface area contributed by atoms with Crippen LogP contribution in [0, 0.1) is 11.8 Å². The van der Waals surface area contributed by atoms with Crippen LogP contribution in [0.15, 0.2) is 12.3 Å². The molecule has 0 radical (unpaired) electrons. The zero-order valence-electron chi connectivity index (χ0n) is 10.2. The summed E-state index contributed by atoms with van der Waals surface area (Å²) < 4.78 is 0. The van der Waals surface area contributed by atoms with Crippen LogP contribution in [0.1, 0.15) is 25.7 Å². The van der Waals surface area contributed by atoms with Crippen LogP contribution in [0.2, 0.25) is 5.28 Å². The fourth-order valence-corrected chi connectivity index (χ4v) is 2.51. The molecular weight excluding hydrogens is 270 g/mol. The minimum absolute atomic E-state index is 0.0382. The maximum Gasteiger partial charge on any atom is 0.307 e. The summed E-state index contributed by atoms with van der Waals surface area (Å²) in [6, 6.07) is 1.52. The van der Waals surface area contributed by atoms with Crippen molar-refractivity contribution in [2.75, 3.05) is 5.32 Å². The first-order valence-electron chi connectivity index (χ1n) is 6.10. The molecule has 2 unspecified atom stereocenters. The van der Waals surface area contributed by atoms with Crippen LogP contribution in [0.5, 0.6) is 0 Å². The summed E-state index contributed by atoms with van der Waals surface area (Å²) in [6.45, 7) is 0. The minimum Gasteiger partial charge on any atom is -0.481 e. The third-order valence-electron chi connectivity index (χ3n) is 3.30. The topological polar surface area (TPSA) is 92.2 Å². The number of hydrogen-bond acceptors (Lipinski definition) is 4. The first-order chi connectivity index (χ1) is 9.08. The van der Waals surface area contributed by atoms with Crippen LogP contribution in [-0.2, 0) is 9.59 Å². The summed E-state index contributed by atoms with van der Waals surface area (Å²) in [5.41, 5.74) is 0. The number of nitrogens with one attached hydrogen (secondary N) is 1. The second kappa shape index (κ2) is 5.97. The van der Waals surface area contributed by atoms with Crippen molar-refractivity contribution in [1.82, 2.24) is 9.97 Å². The van der Waals surface area contributed by atoms with Crippen molar-refractivity contribution in [1.29, 1.82) is 0 Å². The number of amides is 1. The molecule has 1 aromatic rings. The van der Waals surface area contributed by atoms with Crippen molar-refractivity contribution >= 4 is 29.3 Å². The molecule has 1 amide bonds. The normalized spacial score (nSPS) is 22.8. The Bertz CT molecular complexity index is 495. The highest BCUT2D eigenvalue weighted by Crippen LogP contribution is 2.31. The first-order valence-corrected chi connectivity index (χ1v) is 6.48. The lowest BCUT2D eigenvalue weighted by molar-refractivity contribution is -0.147. The number of nitrogens with zero attached hydrogens (tertiary/aromatic N) is 2. The summed E-state index contributed by atoms with van der Waals surface area (Å²) in [6.07, 6.45) is 4.27. The van der Waals surface area contributed by atoms with Gasteiger partial charge in [0.25, 0.3) is 0 Å². The van der Waals surface area contributed by atoms with E-state index in [-0.39, 0.29) is 11.2 Å². The predicted octanol–water partition coefficient (Wildman–Crippen LogP) is 1.96.